The van der Waals surface area contributed by atoms with Gasteiger partial charge in [-0.2, -0.15) is 5.10 Å². The topological polar surface area (TPSA) is 38.4 Å². The average Bonchev–Trinajstić information content (AvgIpc) is 2.21. The van der Waals surface area contributed by atoms with Gasteiger partial charge in [0.15, 0.2) is 0 Å². The average molecular weight is 84.1 g/mol. The number of nitrogens with zero attached hydrogens (tertiary/aromatic N) is 1. The van der Waals surface area contributed by atoms with Crippen molar-refractivity contribution in [1.82, 2.24) is 0 Å². The van der Waals surface area contributed by atoms with E-state index in [0.717, 1.165) is 5.92 Å². The molecule has 0 aromatic rings. The highest BCUT2D eigenvalue weighted by Gasteiger charge is 2.17. The fraction of sp³-hybridized carbons (Fsp3) is 0.750. The number of rotatable bonds is 1. The third-order valence-corrected chi connectivity index (χ3v) is 0.919. The van der Waals surface area contributed by atoms with Gasteiger partial charge < -0.3 is 5.84 Å². The van der Waals surface area contributed by atoms with Crippen LogP contribution >= 0.6 is 0 Å². The molecule has 2 heteroatoms. The van der Waals surface area contributed by atoms with Gasteiger partial charge in [0.05, 0.1) is 0 Å². The molecule has 1 rings (SSSR count). The van der Waals surface area contributed by atoms with Gasteiger partial charge in [0, 0.05) is 6.21 Å². The van der Waals surface area contributed by atoms with E-state index < -0.39 is 0 Å². The fourth-order valence-electron chi connectivity index (χ4n) is 0.367. The van der Waals surface area contributed by atoms with Crippen molar-refractivity contribution in [2.75, 3.05) is 0 Å². The molecule has 1 fully saturated rings. The van der Waals surface area contributed by atoms with Gasteiger partial charge in [-0.15, -0.1) is 0 Å². The molecule has 1 aliphatic carbocycles. The Balaban J connectivity index is 2.15. The van der Waals surface area contributed by atoms with Crippen LogP contribution in [-0.2, 0) is 0 Å². The van der Waals surface area contributed by atoms with Crippen molar-refractivity contribution in [3.8, 4) is 0 Å². The maximum Gasteiger partial charge on any atom is 0.0271 e. The van der Waals surface area contributed by atoms with Crippen LogP contribution in [0.25, 0.3) is 0 Å². The highest BCUT2D eigenvalue weighted by Crippen LogP contribution is 2.25. The van der Waals surface area contributed by atoms with Gasteiger partial charge in [-0.25, -0.2) is 0 Å². The number of hydrazone groups is 1. The predicted molar refractivity (Wildman–Crippen MR) is 25.4 cm³/mol. The summed E-state index contributed by atoms with van der Waals surface area (Å²) in [7, 11) is 0. The lowest BCUT2D eigenvalue weighted by atomic mass is 10.5. The van der Waals surface area contributed by atoms with E-state index in [4.69, 9.17) is 5.84 Å². The highest BCUT2D eigenvalue weighted by molar-refractivity contribution is 5.63. The minimum Gasteiger partial charge on any atom is -0.324 e. The molecule has 0 spiro atoms. The van der Waals surface area contributed by atoms with E-state index in [1.165, 1.54) is 12.8 Å². The van der Waals surface area contributed by atoms with Gasteiger partial charge in [-0.3, -0.25) is 0 Å². The molecule has 0 aliphatic heterocycles. The van der Waals surface area contributed by atoms with Gasteiger partial charge >= 0.3 is 0 Å². The van der Waals surface area contributed by atoms with E-state index in [-0.39, 0.29) is 0 Å². The maximum absolute atomic E-state index is 4.84. The highest BCUT2D eigenvalue weighted by atomic mass is 15.1. The second-order valence-electron chi connectivity index (χ2n) is 1.64. The molecule has 0 amide bonds. The van der Waals surface area contributed by atoms with Crippen molar-refractivity contribution in [2.45, 2.75) is 12.8 Å². The zero-order valence-electron chi connectivity index (χ0n) is 3.59. The van der Waals surface area contributed by atoms with Crippen LogP contribution in [-0.4, -0.2) is 6.21 Å². The first-order valence-corrected chi connectivity index (χ1v) is 2.17. The first-order valence-electron chi connectivity index (χ1n) is 2.17. The molecule has 34 valence electrons. The van der Waals surface area contributed by atoms with Gasteiger partial charge in [-0.05, 0) is 18.8 Å². The molecule has 0 atom stereocenters. The second kappa shape index (κ2) is 1.29. The number of hydrogen-bond acceptors (Lipinski definition) is 2. The molecule has 0 bridgehead atoms. The third kappa shape index (κ3) is 0.708. The van der Waals surface area contributed by atoms with Crippen LogP contribution in [0.2, 0.25) is 0 Å². The molecule has 0 aromatic heterocycles. The maximum atomic E-state index is 4.84. The quantitative estimate of drug-likeness (QED) is 0.278. The third-order valence-electron chi connectivity index (χ3n) is 0.919. The summed E-state index contributed by atoms with van der Waals surface area (Å²) in [6.07, 6.45) is 4.39. The SMILES string of the molecule is NN=CC1CC1. The monoisotopic (exact) mass is 84.1 g/mol. The number of nitrogens with two attached hydrogens (primary N) is 1. The summed E-state index contributed by atoms with van der Waals surface area (Å²) in [6.45, 7) is 0. The van der Waals surface area contributed by atoms with E-state index in [0.29, 0.717) is 0 Å². The van der Waals surface area contributed by atoms with E-state index in [2.05, 4.69) is 5.10 Å². The Morgan fingerprint density at radius 2 is 2.33 bits per heavy atom. The zero-order valence-corrected chi connectivity index (χ0v) is 3.59. The van der Waals surface area contributed by atoms with Crippen LogP contribution in [0.4, 0.5) is 0 Å². The Hall–Kier alpha value is -0.530. The minimum atomic E-state index is 0.731. The minimum absolute atomic E-state index is 0.731. The molecule has 0 unspecified atom stereocenters. The van der Waals surface area contributed by atoms with Crippen molar-refractivity contribution in [2.24, 2.45) is 16.9 Å². The van der Waals surface area contributed by atoms with Gasteiger partial charge in [0.1, 0.15) is 0 Å². The molecular weight excluding hydrogens is 76.1 g/mol. The molecule has 0 aromatic carbocycles. The predicted octanol–water partition coefficient (Wildman–Crippen LogP) is 0.341. The summed E-state index contributed by atoms with van der Waals surface area (Å²) < 4.78 is 0. The Labute approximate surface area is 37.0 Å². The molecule has 0 radical (unpaired) electrons. The zero-order chi connectivity index (χ0) is 4.41. The Morgan fingerprint density at radius 3 is 2.50 bits per heavy atom. The Morgan fingerprint density at radius 1 is 1.67 bits per heavy atom. The largest absolute Gasteiger partial charge is 0.324 e. The van der Waals surface area contributed by atoms with E-state index in [9.17, 15) is 0 Å². The van der Waals surface area contributed by atoms with E-state index in [1.54, 1.807) is 6.21 Å². The summed E-state index contributed by atoms with van der Waals surface area (Å²) in [5, 5.41) is 3.37. The first kappa shape index (κ1) is 3.65. The van der Waals surface area contributed by atoms with Crippen molar-refractivity contribution >= 4 is 6.21 Å². The van der Waals surface area contributed by atoms with Gasteiger partial charge in [-0.1, -0.05) is 0 Å². The summed E-state index contributed by atoms with van der Waals surface area (Å²) in [5.74, 6) is 5.57. The van der Waals surface area contributed by atoms with Crippen molar-refractivity contribution in [3.05, 3.63) is 0 Å². The molecule has 0 heterocycles. The molecule has 1 saturated carbocycles. The van der Waals surface area contributed by atoms with Crippen molar-refractivity contribution in [1.29, 1.82) is 0 Å². The van der Waals surface area contributed by atoms with Gasteiger partial charge in [0.2, 0.25) is 0 Å². The lowest BCUT2D eigenvalue weighted by molar-refractivity contribution is 1.17. The van der Waals surface area contributed by atoms with E-state index >= 15 is 0 Å². The Bertz CT molecular complexity index is 63.9. The summed E-state index contributed by atoms with van der Waals surface area (Å²) in [4.78, 5) is 0. The van der Waals surface area contributed by atoms with Crippen LogP contribution in [0, 0.1) is 5.92 Å². The molecule has 1 aliphatic rings. The molecular formula is C4H8N2. The normalized spacial score (nSPS) is 22.7. The lowest BCUT2D eigenvalue weighted by Crippen LogP contribution is -1.82. The van der Waals surface area contributed by atoms with Gasteiger partial charge in [0.25, 0.3) is 0 Å². The Kier molecular flexibility index (Phi) is 0.783. The van der Waals surface area contributed by atoms with Crippen LogP contribution in [0.1, 0.15) is 12.8 Å². The first-order chi connectivity index (χ1) is 2.93. The van der Waals surface area contributed by atoms with Crippen molar-refractivity contribution in [3.63, 3.8) is 0 Å². The van der Waals surface area contributed by atoms with E-state index in [1.807, 2.05) is 0 Å². The molecule has 2 N–H and O–H groups in total. The fourth-order valence-corrected chi connectivity index (χ4v) is 0.367. The smallest absolute Gasteiger partial charge is 0.0271 e. The number of hydrogen-bond donors (Lipinski definition) is 1. The summed E-state index contributed by atoms with van der Waals surface area (Å²) >= 11 is 0. The molecule has 0 saturated heterocycles. The standard InChI is InChI=1S/C4H8N2/c5-6-3-4-1-2-4/h3-4H,1-2,5H2. The molecule has 2 nitrogen and oxygen atoms in total. The summed E-state index contributed by atoms with van der Waals surface area (Å²) in [5.41, 5.74) is 0. The van der Waals surface area contributed by atoms with Crippen LogP contribution < -0.4 is 5.84 Å². The van der Waals surface area contributed by atoms with Crippen LogP contribution in [0.15, 0.2) is 5.10 Å². The second-order valence-corrected chi connectivity index (χ2v) is 1.64. The summed E-state index contributed by atoms with van der Waals surface area (Å²) in [6, 6.07) is 0. The van der Waals surface area contributed by atoms with Crippen molar-refractivity contribution < 1.29 is 0 Å². The molecule has 6 heavy (non-hydrogen) atoms. The lowest BCUT2D eigenvalue weighted by Gasteiger charge is -1.69. The van der Waals surface area contributed by atoms with Crippen LogP contribution in [0.5, 0.6) is 0 Å². The van der Waals surface area contributed by atoms with Crippen LogP contribution in [0.3, 0.4) is 0 Å².